The highest BCUT2D eigenvalue weighted by atomic mass is 32.2. The van der Waals surface area contributed by atoms with E-state index in [9.17, 15) is 13.2 Å². The van der Waals surface area contributed by atoms with Crippen molar-refractivity contribution in [3.05, 3.63) is 36.4 Å². The molecule has 2 aromatic rings. The van der Waals surface area contributed by atoms with Crippen LogP contribution >= 0.6 is 0 Å². The Morgan fingerprint density at radius 3 is 2.16 bits per heavy atom. The molecule has 2 aliphatic rings. The van der Waals surface area contributed by atoms with Gasteiger partial charge in [0.15, 0.2) is 23.0 Å². The third-order valence-corrected chi connectivity index (χ3v) is 6.51. The van der Waals surface area contributed by atoms with E-state index in [-0.39, 0.29) is 10.8 Å². The molecule has 9 nitrogen and oxygen atoms in total. The van der Waals surface area contributed by atoms with Crippen LogP contribution in [0.3, 0.4) is 0 Å². The van der Waals surface area contributed by atoms with Crippen molar-refractivity contribution >= 4 is 21.6 Å². The number of sulfonamides is 1. The number of hydrogen-bond acceptors (Lipinski definition) is 7. The van der Waals surface area contributed by atoms with Crippen molar-refractivity contribution in [2.45, 2.75) is 31.2 Å². The first-order valence-corrected chi connectivity index (χ1v) is 11.9. The van der Waals surface area contributed by atoms with E-state index in [1.807, 2.05) is 0 Å². The zero-order chi connectivity index (χ0) is 22.7. The highest BCUT2D eigenvalue weighted by Crippen LogP contribution is 2.33. The molecule has 0 bridgehead atoms. The molecule has 2 N–H and O–H groups in total. The second-order valence-electron chi connectivity index (χ2n) is 7.85. The maximum absolute atomic E-state index is 13.0. The first kappa shape index (κ1) is 22.2. The maximum atomic E-state index is 13.0. The van der Waals surface area contributed by atoms with Gasteiger partial charge in [-0.2, -0.15) is 4.72 Å². The van der Waals surface area contributed by atoms with Crippen LogP contribution in [0.5, 0.6) is 23.0 Å². The number of carbonyl (C=O) groups excluding carboxylic acids is 1. The van der Waals surface area contributed by atoms with E-state index >= 15 is 0 Å². The summed E-state index contributed by atoms with van der Waals surface area (Å²) < 4.78 is 50.8. The first-order chi connectivity index (χ1) is 15.3. The molecule has 1 atom stereocenters. The monoisotopic (exact) mass is 462 g/mol. The largest absolute Gasteiger partial charge is 0.490 e. The third kappa shape index (κ3) is 4.91. The summed E-state index contributed by atoms with van der Waals surface area (Å²) in [6.45, 7) is 5.38. The summed E-state index contributed by atoms with van der Waals surface area (Å²) >= 11 is 0. The lowest BCUT2D eigenvalue weighted by Crippen LogP contribution is -2.47. The zero-order valence-electron chi connectivity index (χ0n) is 17.9. The van der Waals surface area contributed by atoms with Gasteiger partial charge in [-0.3, -0.25) is 4.79 Å². The Bertz CT molecular complexity index is 1100. The maximum Gasteiger partial charge on any atom is 0.242 e. The molecule has 0 fully saturated rings. The van der Waals surface area contributed by atoms with Crippen LogP contribution in [0.1, 0.15) is 20.3 Å². The molecule has 10 heteroatoms. The van der Waals surface area contributed by atoms with Crippen molar-refractivity contribution < 1.29 is 32.2 Å². The molecule has 0 saturated carbocycles. The Balaban J connectivity index is 1.51. The molecule has 0 aliphatic carbocycles. The Kier molecular flexibility index (Phi) is 6.43. The lowest BCUT2D eigenvalue weighted by atomic mass is 10.0. The molecule has 0 spiro atoms. The molecule has 2 heterocycles. The minimum Gasteiger partial charge on any atom is -0.490 e. The Hall–Kier alpha value is -2.98. The van der Waals surface area contributed by atoms with Crippen LogP contribution in [0.15, 0.2) is 41.3 Å². The number of hydrogen-bond donors (Lipinski definition) is 2. The Morgan fingerprint density at radius 1 is 0.844 bits per heavy atom. The van der Waals surface area contributed by atoms with Crippen molar-refractivity contribution in [3.8, 4) is 23.0 Å². The summed E-state index contributed by atoms with van der Waals surface area (Å²) in [4.78, 5) is 13.0. The van der Waals surface area contributed by atoms with Gasteiger partial charge in [-0.25, -0.2) is 8.42 Å². The predicted molar refractivity (Wildman–Crippen MR) is 117 cm³/mol. The highest BCUT2D eigenvalue weighted by Gasteiger charge is 2.29. The number of ether oxygens (including phenoxy) is 4. The van der Waals surface area contributed by atoms with E-state index in [0.29, 0.717) is 61.5 Å². The van der Waals surface area contributed by atoms with Crippen LogP contribution < -0.4 is 29.0 Å². The number of anilines is 1. The lowest BCUT2D eigenvalue weighted by Gasteiger charge is -2.23. The number of carbonyl (C=O) groups is 1. The van der Waals surface area contributed by atoms with E-state index < -0.39 is 22.0 Å². The van der Waals surface area contributed by atoms with Gasteiger partial charge in [-0.05, 0) is 30.2 Å². The van der Waals surface area contributed by atoms with Gasteiger partial charge < -0.3 is 24.3 Å². The SMILES string of the molecule is CC(C)[C@@H](NS(=O)(=O)c1ccc2c(c1)OCCCO2)C(=O)Nc1ccc2c(c1)OCCO2. The van der Waals surface area contributed by atoms with Gasteiger partial charge in [-0.1, -0.05) is 13.8 Å². The molecule has 0 radical (unpaired) electrons. The number of nitrogens with one attached hydrogen (secondary N) is 2. The summed E-state index contributed by atoms with van der Waals surface area (Å²) in [6.07, 6.45) is 0.713. The van der Waals surface area contributed by atoms with Crippen molar-refractivity contribution in [3.63, 3.8) is 0 Å². The van der Waals surface area contributed by atoms with Crippen molar-refractivity contribution in [1.82, 2.24) is 4.72 Å². The molecule has 32 heavy (non-hydrogen) atoms. The summed E-state index contributed by atoms with van der Waals surface area (Å²) in [7, 11) is -3.99. The molecule has 2 aromatic carbocycles. The van der Waals surface area contributed by atoms with Crippen LogP contribution in [-0.4, -0.2) is 46.8 Å². The topological polar surface area (TPSA) is 112 Å². The summed E-state index contributed by atoms with van der Waals surface area (Å²) in [5, 5.41) is 2.76. The molecular formula is C22H26N2O7S. The molecular weight excluding hydrogens is 436 g/mol. The van der Waals surface area contributed by atoms with Gasteiger partial charge in [0, 0.05) is 24.2 Å². The van der Waals surface area contributed by atoms with E-state index in [1.54, 1.807) is 38.1 Å². The van der Waals surface area contributed by atoms with Gasteiger partial charge in [0.2, 0.25) is 15.9 Å². The highest BCUT2D eigenvalue weighted by molar-refractivity contribution is 7.89. The number of rotatable bonds is 6. The average molecular weight is 463 g/mol. The second-order valence-corrected chi connectivity index (χ2v) is 9.56. The van der Waals surface area contributed by atoms with E-state index in [2.05, 4.69) is 10.0 Å². The van der Waals surface area contributed by atoms with Crippen molar-refractivity contribution in [2.75, 3.05) is 31.7 Å². The van der Waals surface area contributed by atoms with Gasteiger partial charge >= 0.3 is 0 Å². The van der Waals surface area contributed by atoms with Crippen LogP contribution in [-0.2, 0) is 14.8 Å². The van der Waals surface area contributed by atoms with Crippen molar-refractivity contribution in [1.29, 1.82) is 0 Å². The fraction of sp³-hybridized carbons (Fsp3) is 0.409. The minimum atomic E-state index is -3.99. The first-order valence-electron chi connectivity index (χ1n) is 10.5. The Labute approximate surface area is 187 Å². The molecule has 2 aliphatic heterocycles. The fourth-order valence-corrected chi connectivity index (χ4v) is 4.74. The standard InChI is InChI=1S/C22H26N2O7S/c1-14(2)21(22(25)23-15-4-6-17-19(12-15)31-11-10-30-17)24-32(26,27)16-5-7-18-20(13-16)29-9-3-8-28-18/h4-7,12-14,21,24H,3,8-11H2,1-2H3,(H,23,25)/t21-/m1/s1. The molecule has 172 valence electrons. The fourth-order valence-electron chi connectivity index (χ4n) is 3.38. The minimum absolute atomic E-state index is 0.000436. The third-order valence-electron chi connectivity index (χ3n) is 5.07. The summed E-state index contributed by atoms with van der Waals surface area (Å²) in [6, 6.07) is 8.46. The molecule has 0 unspecified atom stereocenters. The lowest BCUT2D eigenvalue weighted by molar-refractivity contribution is -0.118. The molecule has 0 aromatic heterocycles. The van der Waals surface area contributed by atoms with Crippen LogP contribution in [0.4, 0.5) is 5.69 Å². The molecule has 0 saturated heterocycles. The summed E-state index contributed by atoms with van der Waals surface area (Å²) in [5.74, 6) is 1.22. The van der Waals surface area contributed by atoms with Crippen molar-refractivity contribution in [2.24, 2.45) is 5.92 Å². The normalized spacial score (nSPS) is 16.2. The van der Waals surface area contributed by atoms with Gasteiger partial charge in [0.25, 0.3) is 0 Å². The predicted octanol–water partition coefficient (Wildman–Crippen LogP) is 2.56. The number of amides is 1. The number of benzene rings is 2. The van der Waals surface area contributed by atoms with Crippen LogP contribution in [0, 0.1) is 5.92 Å². The molecule has 4 rings (SSSR count). The van der Waals surface area contributed by atoms with Crippen LogP contribution in [0.2, 0.25) is 0 Å². The van der Waals surface area contributed by atoms with E-state index in [4.69, 9.17) is 18.9 Å². The average Bonchev–Trinajstić information content (AvgIpc) is 3.02. The van der Waals surface area contributed by atoms with Gasteiger partial charge in [0.05, 0.1) is 18.1 Å². The smallest absolute Gasteiger partial charge is 0.242 e. The van der Waals surface area contributed by atoms with E-state index in [1.165, 1.54) is 12.1 Å². The molecule has 1 amide bonds. The Morgan fingerprint density at radius 2 is 1.44 bits per heavy atom. The number of fused-ring (bicyclic) bond motifs is 2. The van der Waals surface area contributed by atoms with Gasteiger partial charge in [-0.15, -0.1) is 0 Å². The second kappa shape index (κ2) is 9.25. The van der Waals surface area contributed by atoms with E-state index in [0.717, 1.165) is 0 Å². The summed E-state index contributed by atoms with van der Waals surface area (Å²) in [5.41, 5.74) is 0.486. The zero-order valence-corrected chi connectivity index (χ0v) is 18.7. The quantitative estimate of drug-likeness (QED) is 0.678. The van der Waals surface area contributed by atoms with Crippen LogP contribution in [0.25, 0.3) is 0 Å². The van der Waals surface area contributed by atoms with Gasteiger partial charge in [0.1, 0.15) is 19.3 Å².